The average Bonchev–Trinajstić information content (AvgIpc) is 3.57. The molecule has 2 aliphatic heterocycles. The number of esters is 1. The molecule has 0 radical (unpaired) electrons. The van der Waals surface area contributed by atoms with Crippen LogP contribution in [0.1, 0.15) is 52.4 Å². The predicted molar refractivity (Wildman–Crippen MR) is 123 cm³/mol. The number of fused-ring (bicyclic) bond motifs is 7. The molecule has 0 aromatic carbocycles. The number of carbonyl (C=O) groups excluding carboxylic acids is 2. The van der Waals surface area contributed by atoms with Gasteiger partial charge < -0.3 is 28.4 Å². The summed E-state index contributed by atoms with van der Waals surface area (Å²) in [5, 5.41) is 0. The molecular weight excluding hydrogens is 509 g/mol. The van der Waals surface area contributed by atoms with Gasteiger partial charge in [0.25, 0.3) is 0 Å². The molecule has 4 aliphatic carbocycles. The summed E-state index contributed by atoms with van der Waals surface area (Å²) in [6, 6.07) is 0. The van der Waals surface area contributed by atoms with E-state index in [1.165, 1.54) is 0 Å². The topological polar surface area (TPSA) is 89.5 Å². The Morgan fingerprint density at radius 3 is 2.58 bits per heavy atom. The Kier molecular flexibility index (Phi) is 5.89. The van der Waals surface area contributed by atoms with Crippen molar-refractivity contribution < 1.29 is 51.2 Å². The summed E-state index contributed by atoms with van der Waals surface area (Å²) in [5.74, 6) is -3.33. The maximum Gasteiger partial charge on any atom is 0.490 e. The van der Waals surface area contributed by atoms with Gasteiger partial charge in [0.15, 0.2) is 13.6 Å². The number of hydrogen-bond donors (Lipinski definition) is 0. The van der Waals surface area contributed by atoms with E-state index in [1.54, 1.807) is 7.11 Å². The second kappa shape index (κ2) is 8.52. The third-order valence-electron chi connectivity index (χ3n) is 10.7. The third kappa shape index (κ3) is 3.31. The Balaban J connectivity index is 1.49. The van der Waals surface area contributed by atoms with Gasteiger partial charge in [-0.1, -0.05) is 13.8 Å². The van der Waals surface area contributed by atoms with Gasteiger partial charge in [0, 0.05) is 23.2 Å². The number of halogens is 3. The van der Waals surface area contributed by atoms with Gasteiger partial charge in [-0.25, -0.2) is 4.79 Å². The fourth-order valence-corrected chi connectivity index (χ4v) is 9.15. The van der Waals surface area contributed by atoms with E-state index in [2.05, 4.69) is 0 Å². The van der Waals surface area contributed by atoms with Crippen molar-refractivity contribution in [2.75, 3.05) is 27.3 Å². The lowest BCUT2D eigenvalue weighted by molar-refractivity contribution is -0.262. The van der Waals surface area contributed by atoms with Crippen LogP contribution in [0.5, 0.6) is 0 Å². The molecule has 0 bridgehead atoms. The molecule has 38 heavy (non-hydrogen) atoms. The average molecular weight is 543 g/mol. The number of hydrogen-bond acceptors (Lipinski definition) is 8. The first kappa shape index (κ1) is 26.3. The molecule has 6 rings (SSSR count). The van der Waals surface area contributed by atoms with Gasteiger partial charge in [-0.2, -0.15) is 13.2 Å². The fraction of sp³-hybridized carbons (Fsp3) is 0.778. The first-order valence-corrected chi connectivity index (χ1v) is 13.2. The van der Waals surface area contributed by atoms with Crippen LogP contribution < -0.4 is 0 Å². The molecule has 8 atom stereocenters. The molecule has 0 aromatic heterocycles. The normalized spacial score (nSPS) is 46.0. The summed E-state index contributed by atoms with van der Waals surface area (Å²) in [5.41, 5.74) is -1.04. The molecule has 210 valence electrons. The summed E-state index contributed by atoms with van der Waals surface area (Å²) in [7, 11) is 1.56. The number of aldehydes is 1. The molecular formula is C27H33F3O8. The highest BCUT2D eigenvalue weighted by molar-refractivity contribution is 5.78. The second-order valence-electron chi connectivity index (χ2n) is 12.0. The maximum atomic E-state index is 13.5. The minimum Gasteiger partial charge on any atom is -0.501 e. The van der Waals surface area contributed by atoms with Gasteiger partial charge in [-0.05, 0) is 61.2 Å². The third-order valence-corrected chi connectivity index (χ3v) is 10.7. The van der Waals surface area contributed by atoms with Gasteiger partial charge in [0.05, 0.1) is 12.9 Å². The van der Waals surface area contributed by atoms with Crippen LogP contribution in [0.3, 0.4) is 0 Å². The van der Waals surface area contributed by atoms with E-state index in [0.29, 0.717) is 37.7 Å². The van der Waals surface area contributed by atoms with Crippen LogP contribution in [0.15, 0.2) is 23.0 Å². The Morgan fingerprint density at radius 1 is 1.16 bits per heavy atom. The standard InChI is InChI=1S/C27H33F3O8/c1-23-6-4-16(33-3)9-19(23)15(11-31)8-17-18-5-7-25(26(37-14-35-25)12-34-13-36-26)24(18,2)10-20(21(17)23)38-22(32)27(28,29)30/h9,11,17-18,20-21H,4-8,10,12-14H2,1-3H3/t17-,18-,20-,21+,23-,24-,25+,26-/m0/s1. The highest BCUT2D eigenvalue weighted by atomic mass is 19.4. The van der Waals surface area contributed by atoms with Crippen LogP contribution in [0.25, 0.3) is 0 Å². The Hall–Kier alpha value is -1.95. The van der Waals surface area contributed by atoms with Crippen LogP contribution in [0, 0.1) is 28.6 Å². The smallest absolute Gasteiger partial charge is 0.490 e. The van der Waals surface area contributed by atoms with E-state index in [0.717, 1.165) is 17.6 Å². The highest BCUT2D eigenvalue weighted by Crippen LogP contribution is 2.72. The van der Waals surface area contributed by atoms with E-state index in [9.17, 15) is 22.8 Å². The van der Waals surface area contributed by atoms with Crippen LogP contribution in [0.4, 0.5) is 13.2 Å². The lowest BCUT2D eigenvalue weighted by Crippen LogP contribution is -2.66. The molecule has 0 amide bonds. The monoisotopic (exact) mass is 542 g/mol. The Bertz CT molecular complexity index is 1090. The molecule has 4 fully saturated rings. The van der Waals surface area contributed by atoms with E-state index in [-0.39, 0.29) is 38.4 Å². The van der Waals surface area contributed by atoms with Gasteiger partial charge in [0.1, 0.15) is 24.6 Å². The number of carbonyl (C=O) groups is 2. The van der Waals surface area contributed by atoms with Crippen LogP contribution in [-0.2, 0) is 38.0 Å². The van der Waals surface area contributed by atoms with E-state index < -0.39 is 46.4 Å². The molecule has 2 spiro atoms. The molecule has 0 unspecified atom stereocenters. The molecule has 8 nitrogen and oxygen atoms in total. The molecule has 11 heteroatoms. The molecule has 0 N–H and O–H groups in total. The number of ether oxygens (including phenoxy) is 6. The van der Waals surface area contributed by atoms with Gasteiger partial charge >= 0.3 is 12.1 Å². The fourth-order valence-electron chi connectivity index (χ4n) is 9.15. The first-order chi connectivity index (χ1) is 17.9. The summed E-state index contributed by atoms with van der Waals surface area (Å²) in [4.78, 5) is 24.7. The minimum atomic E-state index is -5.13. The van der Waals surface area contributed by atoms with Gasteiger partial charge in [0.2, 0.25) is 5.79 Å². The Labute approximate surface area is 218 Å². The van der Waals surface area contributed by atoms with Crippen molar-refractivity contribution >= 4 is 12.3 Å². The summed E-state index contributed by atoms with van der Waals surface area (Å²) < 4.78 is 75.3. The number of rotatable bonds is 3. The zero-order valence-corrected chi connectivity index (χ0v) is 21.7. The van der Waals surface area contributed by atoms with Crippen LogP contribution in [-0.4, -0.2) is 63.2 Å². The van der Waals surface area contributed by atoms with Crippen molar-refractivity contribution in [3.63, 3.8) is 0 Å². The second-order valence-corrected chi connectivity index (χ2v) is 12.0. The SMILES string of the molecule is COC1=CC2=C(C=O)C[C@@H]3[C@H]([C@@H](OC(=O)C(F)(F)F)C[C@@]4(C)[C@H]3CC[C@@]43OCO[C@@]34COCO4)[C@@]2(C)CC1. The minimum absolute atomic E-state index is 0.0258. The van der Waals surface area contributed by atoms with Crippen molar-refractivity contribution in [2.45, 2.75) is 76.0 Å². The van der Waals surface area contributed by atoms with Crippen molar-refractivity contribution in [3.8, 4) is 0 Å². The molecule has 2 saturated carbocycles. The zero-order valence-electron chi connectivity index (χ0n) is 21.7. The summed E-state index contributed by atoms with van der Waals surface area (Å²) in [6.07, 6.45) is -0.558. The van der Waals surface area contributed by atoms with Crippen molar-refractivity contribution in [3.05, 3.63) is 23.0 Å². The molecule has 0 aromatic rings. The van der Waals surface area contributed by atoms with E-state index >= 15 is 0 Å². The lowest BCUT2D eigenvalue weighted by atomic mass is 9.45. The maximum absolute atomic E-state index is 13.5. The lowest BCUT2D eigenvalue weighted by Gasteiger charge is -2.61. The van der Waals surface area contributed by atoms with Crippen LogP contribution in [0.2, 0.25) is 0 Å². The highest BCUT2D eigenvalue weighted by Gasteiger charge is 2.77. The molecule has 2 heterocycles. The quantitative estimate of drug-likeness (QED) is 0.388. The summed E-state index contributed by atoms with van der Waals surface area (Å²) >= 11 is 0. The molecule has 2 saturated heterocycles. The van der Waals surface area contributed by atoms with E-state index in [4.69, 9.17) is 28.4 Å². The van der Waals surface area contributed by atoms with Crippen LogP contribution >= 0.6 is 0 Å². The van der Waals surface area contributed by atoms with Gasteiger partial charge in [-0.15, -0.1) is 0 Å². The predicted octanol–water partition coefficient (Wildman–Crippen LogP) is 4.19. The molecule has 6 aliphatic rings. The number of allylic oxidation sites excluding steroid dienone is 4. The largest absolute Gasteiger partial charge is 0.501 e. The van der Waals surface area contributed by atoms with Crippen molar-refractivity contribution in [1.29, 1.82) is 0 Å². The summed E-state index contributed by atoms with van der Waals surface area (Å²) in [6.45, 7) is 4.11. The first-order valence-electron chi connectivity index (χ1n) is 13.2. The van der Waals surface area contributed by atoms with Crippen molar-refractivity contribution in [2.24, 2.45) is 28.6 Å². The van der Waals surface area contributed by atoms with E-state index in [1.807, 2.05) is 19.9 Å². The van der Waals surface area contributed by atoms with Crippen molar-refractivity contribution in [1.82, 2.24) is 0 Å². The number of alkyl halides is 3. The zero-order chi connectivity index (χ0) is 27.1. The van der Waals surface area contributed by atoms with Gasteiger partial charge in [-0.3, -0.25) is 4.79 Å². The Morgan fingerprint density at radius 2 is 1.92 bits per heavy atom. The number of methoxy groups -OCH3 is 1.